The van der Waals surface area contributed by atoms with Crippen molar-refractivity contribution in [3.63, 3.8) is 0 Å². The number of hydrogen-bond acceptors (Lipinski definition) is 1. The van der Waals surface area contributed by atoms with E-state index in [-0.39, 0.29) is 12.8 Å². The molecular weight excluding hydrogens is 243 g/mol. The molecule has 82 valence electrons. The van der Waals surface area contributed by atoms with Crippen LogP contribution in [0.5, 0.6) is 0 Å². The fraction of sp³-hybridized carbons (Fsp3) is 0.400. The average Bonchev–Trinajstić information content (AvgIpc) is 2.05. The lowest BCUT2D eigenvalue weighted by atomic mass is 9.70. The van der Waals surface area contributed by atoms with Gasteiger partial charge in [0.25, 0.3) is 5.92 Å². The van der Waals surface area contributed by atoms with Crippen molar-refractivity contribution in [3.05, 3.63) is 33.8 Å². The van der Waals surface area contributed by atoms with Gasteiger partial charge in [-0.05, 0) is 23.8 Å². The van der Waals surface area contributed by atoms with Crippen molar-refractivity contribution < 1.29 is 8.78 Å². The van der Waals surface area contributed by atoms with Crippen LogP contribution in [0, 0.1) is 0 Å². The Balaban J connectivity index is 2.35. The summed E-state index contributed by atoms with van der Waals surface area (Å²) in [5.41, 5.74) is 5.31. The van der Waals surface area contributed by atoms with E-state index in [0.29, 0.717) is 15.6 Å². The van der Waals surface area contributed by atoms with E-state index >= 15 is 0 Å². The highest BCUT2D eigenvalue weighted by atomic mass is 35.5. The summed E-state index contributed by atoms with van der Waals surface area (Å²) in [5, 5.41) is 0.840. The number of alkyl halides is 2. The lowest BCUT2D eigenvalue weighted by Gasteiger charge is -2.45. The maximum atomic E-state index is 12.8. The second kappa shape index (κ2) is 3.30. The molecule has 0 aromatic heterocycles. The largest absolute Gasteiger partial charge is 0.321 e. The fourth-order valence-electron chi connectivity index (χ4n) is 1.94. The van der Waals surface area contributed by atoms with Crippen molar-refractivity contribution in [2.24, 2.45) is 5.73 Å². The van der Waals surface area contributed by atoms with Gasteiger partial charge in [0.1, 0.15) is 0 Å². The summed E-state index contributed by atoms with van der Waals surface area (Å²) in [6.45, 7) is 0. The molecule has 15 heavy (non-hydrogen) atoms. The van der Waals surface area contributed by atoms with Crippen LogP contribution in [0.4, 0.5) is 8.78 Å². The van der Waals surface area contributed by atoms with E-state index in [2.05, 4.69) is 0 Å². The monoisotopic (exact) mass is 251 g/mol. The van der Waals surface area contributed by atoms with Crippen LogP contribution in [-0.4, -0.2) is 5.92 Å². The van der Waals surface area contributed by atoms with Crippen molar-refractivity contribution in [1.82, 2.24) is 0 Å². The number of nitrogens with two attached hydrogens (primary N) is 1. The maximum absolute atomic E-state index is 12.8. The molecule has 0 atom stereocenters. The molecule has 0 bridgehead atoms. The van der Waals surface area contributed by atoms with Gasteiger partial charge in [0.05, 0.1) is 5.54 Å². The Labute approximate surface area is 96.2 Å². The molecule has 0 unspecified atom stereocenters. The lowest BCUT2D eigenvalue weighted by molar-refractivity contribution is -0.125. The number of rotatable bonds is 1. The highest BCUT2D eigenvalue weighted by molar-refractivity contribution is 6.33. The Morgan fingerprint density at radius 1 is 1.20 bits per heavy atom. The van der Waals surface area contributed by atoms with Gasteiger partial charge in [-0.25, -0.2) is 8.78 Å². The maximum Gasteiger partial charge on any atom is 0.252 e. The molecule has 0 amide bonds. The molecule has 1 fully saturated rings. The quantitative estimate of drug-likeness (QED) is 0.812. The average molecular weight is 252 g/mol. The van der Waals surface area contributed by atoms with Crippen molar-refractivity contribution >= 4 is 23.2 Å². The molecule has 0 radical (unpaired) electrons. The topological polar surface area (TPSA) is 26.0 Å². The van der Waals surface area contributed by atoms with Crippen molar-refractivity contribution in [2.45, 2.75) is 24.3 Å². The third-order valence-corrected chi connectivity index (χ3v) is 3.18. The van der Waals surface area contributed by atoms with Gasteiger partial charge >= 0.3 is 0 Å². The highest BCUT2D eigenvalue weighted by Crippen LogP contribution is 2.51. The van der Waals surface area contributed by atoms with Gasteiger partial charge in [-0.15, -0.1) is 0 Å². The van der Waals surface area contributed by atoms with E-state index in [1.807, 2.05) is 0 Å². The molecule has 0 heterocycles. The third kappa shape index (κ3) is 1.96. The number of halogens is 4. The Hall–Kier alpha value is -0.380. The van der Waals surface area contributed by atoms with Gasteiger partial charge in [-0.2, -0.15) is 0 Å². The van der Waals surface area contributed by atoms with Gasteiger partial charge in [-0.3, -0.25) is 0 Å². The van der Waals surface area contributed by atoms with Crippen LogP contribution in [0.15, 0.2) is 18.2 Å². The van der Waals surface area contributed by atoms with Gasteiger partial charge in [0, 0.05) is 22.9 Å². The third-order valence-electron chi connectivity index (χ3n) is 2.61. The standard InChI is InChI=1S/C10H9Cl2F2N/c11-6-1-2-8(12)7(3-6)9(15)4-10(13,14)5-9/h1-3H,4-5,15H2. The molecule has 0 aliphatic heterocycles. The van der Waals surface area contributed by atoms with Gasteiger partial charge < -0.3 is 5.73 Å². The molecule has 1 aromatic rings. The minimum absolute atomic E-state index is 0.375. The summed E-state index contributed by atoms with van der Waals surface area (Å²) in [5.74, 6) is -2.68. The smallest absolute Gasteiger partial charge is 0.252 e. The van der Waals surface area contributed by atoms with E-state index < -0.39 is 11.5 Å². The van der Waals surface area contributed by atoms with Crippen LogP contribution in [0.1, 0.15) is 18.4 Å². The first-order valence-corrected chi connectivity index (χ1v) is 5.20. The van der Waals surface area contributed by atoms with Gasteiger partial charge in [0.15, 0.2) is 0 Å². The summed E-state index contributed by atoms with van der Waals surface area (Å²) in [6, 6.07) is 4.73. The fourth-order valence-corrected chi connectivity index (χ4v) is 2.42. The molecular formula is C10H9Cl2F2N. The summed E-state index contributed by atoms with van der Waals surface area (Å²) in [7, 11) is 0. The highest BCUT2D eigenvalue weighted by Gasteiger charge is 2.55. The van der Waals surface area contributed by atoms with Gasteiger partial charge in [-0.1, -0.05) is 23.2 Å². The summed E-state index contributed by atoms with van der Waals surface area (Å²) in [4.78, 5) is 0. The van der Waals surface area contributed by atoms with Crippen molar-refractivity contribution in [1.29, 1.82) is 0 Å². The zero-order chi connectivity index (χ0) is 11.3. The zero-order valence-corrected chi connectivity index (χ0v) is 9.25. The molecule has 2 N–H and O–H groups in total. The van der Waals surface area contributed by atoms with Crippen LogP contribution in [-0.2, 0) is 5.54 Å². The molecule has 5 heteroatoms. The molecule has 2 rings (SSSR count). The van der Waals surface area contributed by atoms with Crippen LogP contribution in [0.25, 0.3) is 0 Å². The van der Waals surface area contributed by atoms with Crippen LogP contribution >= 0.6 is 23.2 Å². The lowest BCUT2D eigenvalue weighted by Crippen LogP contribution is -2.55. The number of benzene rings is 1. The Kier molecular flexibility index (Phi) is 2.45. The van der Waals surface area contributed by atoms with E-state index in [0.717, 1.165) is 0 Å². The van der Waals surface area contributed by atoms with E-state index in [1.165, 1.54) is 0 Å². The first kappa shape index (κ1) is 11.1. The summed E-state index contributed by atoms with van der Waals surface area (Å²) in [6.07, 6.45) is -0.750. The SMILES string of the molecule is NC1(c2cc(Cl)ccc2Cl)CC(F)(F)C1. The van der Waals surface area contributed by atoms with Crippen molar-refractivity contribution in [2.75, 3.05) is 0 Å². The number of hydrogen-bond donors (Lipinski definition) is 1. The predicted molar refractivity (Wildman–Crippen MR) is 56.5 cm³/mol. The molecule has 0 spiro atoms. The van der Waals surface area contributed by atoms with Crippen molar-refractivity contribution in [3.8, 4) is 0 Å². The van der Waals surface area contributed by atoms with E-state index in [9.17, 15) is 8.78 Å². The molecule has 1 aliphatic rings. The first-order chi connectivity index (χ1) is 6.82. The minimum Gasteiger partial charge on any atom is -0.321 e. The zero-order valence-electron chi connectivity index (χ0n) is 7.74. The van der Waals surface area contributed by atoms with E-state index in [1.54, 1.807) is 18.2 Å². The molecule has 1 nitrogen and oxygen atoms in total. The summed E-state index contributed by atoms with van der Waals surface area (Å²) >= 11 is 11.7. The minimum atomic E-state index is -2.68. The Morgan fingerprint density at radius 2 is 1.80 bits per heavy atom. The second-order valence-corrected chi connectivity index (χ2v) is 4.83. The normalized spacial score (nSPS) is 22.2. The summed E-state index contributed by atoms with van der Waals surface area (Å²) < 4.78 is 25.6. The first-order valence-electron chi connectivity index (χ1n) is 4.45. The van der Waals surface area contributed by atoms with Gasteiger partial charge in [0.2, 0.25) is 0 Å². The second-order valence-electron chi connectivity index (χ2n) is 3.99. The van der Waals surface area contributed by atoms with Crippen LogP contribution < -0.4 is 5.73 Å². The molecule has 1 aliphatic carbocycles. The molecule has 1 saturated carbocycles. The molecule has 0 saturated heterocycles. The predicted octanol–water partition coefficient (Wildman–Crippen LogP) is 3.58. The Bertz CT molecular complexity index is 398. The van der Waals surface area contributed by atoms with Crippen LogP contribution in [0.3, 0.4) is 0 Å². The Morgan fingerprint density at radius 3 is 2.33 bits per heavy atom. The van der Waals surface area contributed by atoms with E-state index in [4.69, 9.17) is 28.9 Å². The van der Waals surface area contributed by atoms with Crippen LogP contribution in [0.2, 0.25) is 10.0 Å². The molecule has 1 aromatic carbocycles.